The smallest absolute Gasteiger partial charge is 0.299 e. The maximum absolute atomic E-state index is 12.5. The Morgan fingerprint density at radius 1 is 1.07 bits per heavy atom. The third kappa shape index (κ3) is 3.78. The first-order chi connectivity index (χ1) is 14.1. The number of benzene rings is 2. The van der Waals surface area contributed by atoms with Crippen LogP contribution < -0.4 is 9.64 Å². The lowest BCUT2D eigenvalue weighted by Gasteiger charge is -2.17. The van der Waals surface area contributed by atoms with Crippen LogP contribution in [0.3, 0.4) is 0 Å². The number of Topliss-reactive ketones (excluding diaryl/α,β-unsaturated/α-hetero) is 1. The van der Waals surface area contributed by atoms with E-state index in [1.807, 2.05) is 35.2 Å². The van der Waals surface area contributed by atoms with Gasteiger partial charge >= 0.3 is 0 Å². The van der Waals surface area contributed by atoms with Gasteiger partial charge in [-0.1, -0.05) is 18.2 Å². The van der Waals surface area contributed by atoms with Gasteiger partial charge in [-0.3, -0.25) is 14.4 Å². The zero-order valence-electron chi connectivity index (χ0n) is 16.3. The Kier molecular flexibility index (Phi) is 5.16. The molecule has 2 aliphatic rings. The fraction of sp³-hybridized carbons (Fsp3) is 0.261. The van der Waals surface area contributed by atoms with Crippen LogP contribution in [0, 0.1) is 0 Å². The van der Waals surface area contributed by atoms with Crippen LogP contribution in [0.1, 0.15) is 34.3 Å². The average molecular weight is 390 g/mol. The van der Waals surface area contributed by atoms with Gasteiger partial charge in [0.05, 0.1) is 24.9 Å². The van der Waals surface area contributed by atoms with E-state index in [0.29, 0.717) is 17.8 Å². The molecule has 2 aromatic rings. The van der Waals surface area contributed by atoms with Gasteiger partial charge in [-0.25, -0.2) is 0 Å². The second-order valence-corrected chi connectivity index (χ2v) is 7.21. The normalized spacial score (nSPS) is 16.0. The molecule has 0 spiro atoms. The SMILES string of the molecule is COc1ccc(CN2C(=O)C(=O)c3cc(/C=C/C(=O)N4CCCC4)ccc32)cc1. The Labute approximate surface area is 169 Å². The molecule has 2 amide bonds. The lowest BCUT2D eigenvalue weighted by Crippen LogP contribution is -2.29. The summed E-state index contributed by atoms with van der Waals surface area (Å²) in [5.41, 5.74) is 2.60. The van der Waals surface area contributed by atoms with Crippen molar-refractivity contribution in [3.63, 3.8) is 0 Å². The van der Waals surface area contributed by atoms with Gasteiger partial charge in [-0.05, 0) is 54.3 Å². The van der Waals surface area contributed by atoms with Crippen LogP contribution in [0.2, 0.25) is 0 Å². The molecule has 0 aromatic heterocycles. The summed E-state index contributed by atoms with van der Waals surface area (Å²) >= 11 is 0. The number of carbonyl (C=O) groups is 3. The van der Waals surface area contributed by atoms with Gasteiger partial charge < -0.3 is 14.5 Å². The Bertz CT molecular complexity index is 988. The Balaban J connectivity index is 1.53. The summed E-state index contributed by atoms with van der Waals surface area (Å²) in [5.74, 6) is -0.343. The van der Waals surface area contributed by atoms with Gasteiger partial charge in [0.2, 0.25) is 5.91 Å². The van der Waals surface area contributed by atoms with Crippen LogP contribution in [-0.4, -0.2) is 42.7 Å². The maximum atomic E-state index is 12.5. The van der Waals surface area contributed by atoms with E-state index < -0.39 is 11.7 Å². The average Bonchev–Trinajstić information content (AvgIpc) is 3.37. The number of methoxy groups -OCH3 is 1. The molecule has 1 fully saturated rings. The minimum absolute atomic E-state index is 0.0217. The highest BCUT2D eigenvalue weighted by atomic mass is 16.5. The number of hydrogen-bond acceptors (Lipinski definition) is 4. The van der Waals surface area contributed by atoms with Crippen molar-refractivity contribution in [3.05, 3.63) is 65.2 Å². The van der Waals surface area contributed by atoms with Crippen molar-refractivity contribution in [2.24, 2.45) is 0 Å². The second kappa shape index (κ2) is 7.91. The molecule has 0 bridgehead atoms. The van der Waals surface area contributed by atoms with E-state index in [1.165, 1.54) is 11.0 Å². The molecule has 2 aliphatic heterocycles. The number of rotatable bonds is 5. The third-order valence-electron chi connectivity index (χ3n) is 5.33. The van der Waals surface area contributed by atoms with Crippen molar-refractivity contribution in [1.82, 2.24) is 4.90 Å². The quantitative estimate of drug-likeness (QED) is 0.581. The molecule has 0 unspecified atom stereocenters. The number of carbonyl (C=O) groups excluding carboxylic acids is 3. The summed E-state index contributed by atoms with van der Waals surface area (Å²) in [7, 11) is 1.60. The lowest BCUT2D eigenvalue weighted by atomic mass is 10.1. The van der Waals surface area contributed by atoms with Crippen LogP contribution in [-0.2, 0) is 16.1 Å². The predicted octanol–water partition coefficient (Wildman–Crippen LogP) is 3.06. The monoisotopic (exact) mass is 390 g/mol. The summed E-state index contributed by atoms with van der Waals surface area (Å²) < 4.78 is 5.15. The predicted molar refractivity (Wildman–Crippen MR) is 110 cm³/mol. The minimum Gasteiger partial charge on any atom is -0.497 e. The minimum atomic E-state index is -0.537. The van der Waals surface area contributed by atoms with E-state index in [0.717, 1.165) is 42.8 Å². The second-order valence-electron chi connectivity index (χ2n) is 7.21. The van der Waals surface area contributed by atoms with Crippen molar-refractivity contribution in [3.8, 4) is 5.75 Å². The Hall–Kier alpha value is -3.41. The fourth-order valence-corrected chi connectivity index (χ4v) is 3.70. The molecule has 0 aliphatic carbocycles. The number of ketones is 1. The highest BCUT2D eigenvalue weighted by Gasteiger charge is 2.35. The molecule has 2 heterocycles. The first-order valence-electron chi connectivity index (χ1n) is 9.67. The molecular formula is C23H22N2O4. The summed E-state index contributed by atoms with van der Waals surface area (Å²) in [5, 5.41) is 0. The van der Waals surface area contributed by atoms with Crippen LogP contribution in [0.4, 0.5) is 5.69 Å². The number of hydrogen-bond donors (Lipinski definition) is 0. The van der Waals surface area contributed by atoms with Gasteiger partial charge in [0.1, 0.15) is 5.75 Å². The van der Waals surface area contributed by atoms with Crippen molar-refractivity contribution in [1.29, 1.82) is 0 Å². The molecule has 29 heavy (non-hydrogen) atoms. The number of amides is 2. The Morgan fingerprint density at radius 2 is 1.79 bits per heavy atom. The topological polar surface area (TPSA) is 66.9 Å². The first-order valence-corrected chi connectivity index (χ1v) is 9.67. The zero-order chi connectivity index (χ0) is 20.4. The Morgan fingerprint density at radius 3 is 2.48 bits per heavy atom. The summed E-state index contributed by atoms with van der Waals surface area (Å²) in [6.07, 6.45) is 5.31. The van der Waals surface area contributed by atoms with Crippen molar-refractivity contribution in [2.45, 2.75) is 19.4 Å². The van der Waals surface area contributed by atoms with E-state index in [2.05, 4.69) is 0 Å². The van der Waals surface area contributed by atoms with Gasteiger partial charge in [0.15, 0.2) is 0 Å². The number of nitrogens with zero attached hydrogens (tertiary/aromatic N) is 2. The van der Waals surface area contributed by atoms with Crippen LogP contribution in [0.25, 0.3) is 6.08 Å². The summed E-state index contributed by atoms with van der Waals surface area (Å²) in [4.78, 5) is 40.5. The van der Waals surface area contributed by atoms with E-state index in [4.69, 9.17) is 4.74 Å². The molecular weight excluding hydrogens is 368 g/mol. The molecule has 0 saturated carbocycles. The number of ether oxygens (including phenoxy) is 1. The molecule has 6 nitrogen and oxygen atoms in total. The van der Waals surface area contributed by atoms with Crippen molar-refractivity contribution in [2.75, 3.05) is 25.1 Å². The standard InChI is InChI=1S/C23H22N2O4/c1-29-18-8-4-17(5-9-18)15-25-20-10-6-16(14-19(20)22(27)23(25)28)7-11-21(26)24-12-2-3-13-24/h4-11,14H,2-3,12-13,15H2,1H3/b11-7+. The van der Waals surface area contributed by atoms with Gasteiger partial charge in [0.25, 0.3) is 11.7 Å². The highest BCUT2D eigenvalue weighted by Crippen LogP contribution is 2.31. The zero-order valence-corrected chi connectivity index (χ0v) is 16.3. The van der Waals surface area contributed by atoms with Crippen molar-refractivity contribution < 1.29 is 19.1 Å². The first kappa shape index (κ1) is 18.9. The maximum Gasteiger partial charge on any atom is 0.299 e. The molecule has 6 heteroatoms. The molecule has 148 valence electrons. The molecule has 0 atom stereocenters. The van der Waals surface area contributed by atoms with Crippen LogP contribution >= 0.6 is 0 Å². The number of likely N-dealkylation sites (tertiary alicyclic amines) is 1. The fourth-order valence-electron chi connectivity index (χ4n) is 3.70. The molecule has 4 rings (SSSR count). The number of fused-ring (bicyclic) bond motifs is 1. The number of anilines is 1. The lowest BCUT2D eigenvalue weighted by molar-refractivity contribution is -0.124. The third-order valence-corrected chi connectivity index (χ3v) is 5.33. The van der Waals surface area contributed by atoms with E-state index in [-0.39, 0.29) is 5.91 Å². The summed E-state index contributed by atoms with van der Waals surface area (Å²) in [6.45, 7) is 1.89. The molecule has 2 aromatic carbocycles. The van der Waals surface area contributed by atoms with Gasteiger partial charge in [-0.2, -0.15) is 0 Å². The molecule has 0 N–H and O–H groups in total. The van der Waals surface area contributed by atoms with Crippen LogP contribution in [0.5, 0.6) is 5.75 Å². The molecule has 0 radical (unpaired) electrons. The highest BCUT2D eigenvalue weighted by molar-refractivity contribution is 6.52. The molecule has 1 saturated heterocycles. The van der Waals surface area contributed by atoms with E-state index in [9.17, 15) is 14.4 Å². The van der Waals surface area contributed by atoms with Gasteiger partial charge in [0, 0.05) is 19.2 Å². The van der Waals surface area contributed by atoms with E-state index in [1.54, 1.807) is 25.3 Å². The van der Waals surface area contributed by atoms with Crippen LogP contribution in [0.15, 0.2) is 48.5 Å². The van der Waals surface area contributed by atoms with E-state index >= 15 is 0 Å². The van der Waals surface area contributed by atoms with Crippen molar-refractivity contribution >= 4 is 29.4 Å². The largest absolute Gasteiger partial charge is 0.497 e. The van der Waals surface area contributed by atoms with Gasteiger partial charge in [-0.15, -0.1) is 0 Å². The summed E-state index contributed by atoms with van der Waals surface area (Å²) in [6, 6.07) is 12.7.